The molecule has 30 heavy (non-hydrogen) atoms. The third kappa shape index (κ3) is 4.00. The second-order valence-corrected chi connectivity index (χ2v) is 7.13. The van der Waals surface area contributed by atoms with Crippen LogP contribution in [0.15, 0.2) is 78.0 Å². The van der Waals surface area contributed by atoms with Gasteiger partial charge in [-0.3, -0.25) is 14.2 Å². The maximum Gasteiger partial charge on any atom is 0.264 e. The molecular weight excluding hydrogens is 378 g/mol. The Morgan fingerprint density at radius 1 is 1.07 bits per heavy atom. The van der Waals surface area contributed by atoms with Crippen molar-refractivity contribution in [3.63, 3.8) is 0 Å². The Labute approximate surface area is 174 Å². The number of hydrogen-bond donors (Lipinski definition) is 1. The van der Waals surface area contributed by atoms with Crippen LogP contribution in [0.1, 0.15) is 31.4 Å². The van der Waals surface area contributed by atoms with Crippen LogP contribution in [0.2, 0.25) is 0 Å². The lowest BCUT2D eigenvalue weighted by atomic mass is 10.0. The third-order valence-corrected chi connectivity index (χ3v) is 4.98. The molecule has 4 rings (SSSR count). The molecule has 2 aromatic heterocycles. The van der Waals surface area contributed by atoms with E-state index in [2.05, 4.69) is 22.3 Å². The van der Waals surface area contributed by atoms with Crippen molar-refractivity contribution in [2.75, 3.05) is 0 Å². The summed E-state index contributed by atoms with van der Waals surface area (Å²) in [7, 11) is 0. The Morgan fingerprint density at radius 3 is 2.47 bits per heavy atom. The Hall–Kier alpha value is -3.74. The summed E-state index contributed by atoms with van der Waals surface area (Å²) in [4.78, 5) is 29.9. The molecule has 0 fully saturated rings. The van der Waals surface area contributed by atoms with Crippen molar-refractivity contribution in [1.82, 2.24) is 24.6 Å². The number of carbonyl (C=O) groups excluding carboxylic acids is 1. The van der Waals surface area contributed by atoms with Crippen LogP contribution in [0, 0.1) is 0 Å². The lowest BCUT2D eigenvalue weighted by molar-refractivity contribution is -0.122. The highest BCUT2D eigenvalue weighted by atomic mass is 16.2. The van der Waals surface area contributed by atoms with Crippen molar-refractivity contribution >= 4 is 16.9 Å². The van der Waals surface area contributed by atoms with Crippen molar-refractivity contribution < 1.29 is 4.79 Å². The number of nitrogens with one attached hydrogen (secondary N) is 1. The molecule has 2 heterocycles. The summed E-state index contributed by atoms with van der Waals surface area (Å²) in [6, 6.07) is 19.3. The fraction of sp³-hybridized carbons (Fsp3) is 0.217. The molecule has 2 aromatic carbocycles. The number of fused-ring (bicyclic) bond motifs is 1. The number of hydrogen-bond acceptors (Lipinski definition) is 4. The second-order valence-electron chi connectivity index (χ2n) is 7.13. The molecule has 7 heteroatoms. The summed E-state index contributed by atoms with van der Waals surface area (Å²) in [6.07, 6.45) is 4.66. The van der Waals surface area contributed by atoms with Gasteiger partial charge in [-0.05, 0) is 24.1 Å². The first-order valence-corrected chi connectivity index (χ1v) is 10.00. The molecule has 1 atom stereocenters. The summed E-state index contributed by atoms with van der Waals surface area (Å²) in [5, 5.41) is 7.72. The molecule has 152 valence electrons. The fourth-order valence-corrected chi connectivity index (χ4v) is 3.51. The Morgan fingerprint density at radius 2 is 1.77 bits per heavy atom. The van der Waals surface area contributed by atoms with Crippen LogP contribution in [0.4, 0.5) is 0 Å². The van der Waals surface area contributed by atoms with E-state index in [0.717, 1.165) is 24.1 Å². The summed E-state index contributed by atoms with van der Waals surface area (Å²) >= 11 is 0. The smallest absolute Gasteiger partial charge is 0.264 e. The van der Waals surface area contributed by atoms with Crippen LogP contribution < -0.4 is 10.9 Å². The number of rotatable bonds is 7. The molecule has 1 N–H and O–H groups in total. The van der Waals surface area contributed by atoms with Crippen molar-refractivity contribution in [2.24, 2.45) is 0 Å². The van der Waals surface area contributed by atoms with Gasteiger partial charge in [-0.1, -0.05) is 61.9 Å². The Kier molecular flexibility index (Phi) is 5.70. The normalized spacial score (nSPS) is 12.0. The van der Waals surface area contributed by atoms with Crippen LogP contribution >= 0.6 is 0 Å². The van der Waals surface area contributed by atoms with E-state index in [-0.39, 0.29) is 24.1 Å². The topological polar surface area (TPSA) is 81.8 Å². The number of benzene rings is 2. The zero-order valence-electron chi connectivity index (χ0n) is 16.7. The molecule has 0 saturated heterocycles. The van der Waals surface area contributed by atoms with E-state index < -0.39 is 0 Å². The first-order valence-electron chi connectivity index (χ1n) is 10.00. The highest BCUT2D eigenvalue weighted by Crippen LogP contribution is 2.18. The van der Waals surface area contributed by atoms with Gasteiger partial charge in [-0.2, -0.15) is 5.10 Å². The van der Waals surface area contributed by atoms with Gasteiger partial charge in [0.2, 0.25) is 5.91 Å². The van der Waals surface area contributed by atoms with E-state index in [9.17, 15) is 9.59 Å². The van der Waals surface area contributed by atoms with Crippen LogP contribution in [0.25, 0.3) is 16.7 Å². The molecule has 0 bridgehead atoms. The van der Waals surface area contributed by atoms with E-state index >= 15 is 0 Å². The minimum absolute atomic E-state index is 0.0862. The number of para-hydroxylation sites is 1. The van der Waals surface area contributed by atoms with Gasteiger partial charge in [-0.25, -0.2) is 9.67 Å². The van der Waals surface area contributed by atoms with Gasteiger partial charge in [0.15, 0.2) is 5.65 Å². The zero-order valence-corrected chi connectivity index (χ0v) is 16.7. The summed E-state index contributed by atoms with van der Waals surface area (Å²) in [6.45, 7) is 1.99. The lowest BCUT2D eigenvalue weighted by Crippen LogP contribution is -2.34. The zero-order chi connectivity index (χ0) is 20.9. The minimum Gasteiger partial charge on any atom is -0.348 e. The molecule has 1 unspecified atom stereocenters. The fourth-order valence-electron chi connectivity index (χ4n) is 3.51. The van der Waals surface area contributed by atoms with Gasteiger partial charge in [0.05, 0.1) is 17.9 Å². The Bertz CT molecular complexity index is 1200. The van der Waals surface area contributed by atoms with Crippen molar-refractivity contribution in [1.29, 1.82) is 0 Å². The van der Waals surface area contributed by atoms with Crippen molar-refractivity contribution in [3.05, 3.63) is 89.1 Å². The largest absolute Gasteiger partial charge is 0.348 e. The molecule has 1 amide bonds. The van der Waals surface area contributed by atoms with Crippen molar-refractivity contribution in [3.8, 4) is 5.69 Å². The molecule has 0 aliphatic rings. The van der Waals surface area contributed by atoms with Crippen molar-refractivity contribution in [2.45, 2.75) is 32.4 Å². The minimum atomic E-state index is -0.288. The summed E-state index contributed by atoms with van der Waals surface area (Å²) in [5.41, 5.74) is 2.05. The molecule has 7 nitrogen and oxygen atoms in total. The van der Waals surface area contributed by atoms with E-state index in [1.165, 1.54) is 17.1 Å². The van der Waals surface area contributed by atoms with Crippen LogP contribution in [-0.4, -0.2) is 25.2 Å². The molecule has 0 spiro atoms. The molecule has 4 aromatic rings. The van der Waals surface area contributed by atoms with Gasteiger partial charge in [-0.15, -0.1) is 0 Å². The number of carbonyl (C=O) groups is 1. The highest BCUT2D eigenvalue weighted by Gasteiger charge is 2.16. The van der Waals surface area contributed by atoms with E-state index in [0.29, 0.717) is 11.0 Å². The van der Waals surface area contributed by atoms with Crippen LogP contribution in [0.3, 0.4) is 0 Å². The molecule has 0 saturated carbocycles. The van der Waals surface area contributed by atoms with E-state index in [4.69, 9.17) is 0 Å². The van der Waals surface area contributed by atoms with Gasteiger partial charge >= 0.3 is 0 Å². The SMILES string of the molecule is CCCC(NC(=O)Cn1cnc2c(cnn2-c2ccccc2)c1=O)c1ccccc1. The molecular formula is C23H23N5O2. The van der Waals surface area contributed by atoms with Gasteiger partial charge in [0, 0.05) is 0 Å². The highest BCUT2D eigenvalue weighted by molar-refractivity contribution is 5.78. The summed E-state index contributed by atoms with van der Waals surface area (Å²) < 4.78 is 2.94. The maximum atomic E-state index is 12.9. The Balaban J connectivity index is 1.56. The van der Waals surface area contributed by atoms with E-state index in [1.54, 1.807) is 4.68 Å². The van der Waals surface area contributed by atoms with E-state index in [1.807, 2.05) is 60.7 Å². The maximum absolute atomic E-state index is 12.9. The molecule has 0 aliphatic heterocycles. The number of nitrogens with zero attached hydrogens (tertiary/aromatic N) is 4. The van der Waals surface area contributed by atoms with Crippen LogP contribution in [0.5, 0.6) is 0 Å². The lowest BCUT2D eigenvalue weighted by Gasteiger charge is -2.19. The first-order chi connectivity index (χ1) is 14.7. The second kappa shape index (κ2) is 8.73. The van der Waals surface area contributed by atoms with Gasteiger partial charge in [0.25, 0.3) is 5.56 Å². The molecule has 0 aliphatic carbocycles. The first kappa shape index (κ1) is 19.6. The van der Waals surface area contributed by atoms with Gasteiger partial charge in [0.1, 0.15) is 18.3 Å². The monoisotopic (exact) mass is 401 g/mol. The van der Waals surface area contributed by atoms with Gasteiger partial charge < -0.3 is 5.32 Å². The number of aromatic nitrogens is 4. The predicted molar refractivity (Wildman–Crippen MR) is 115 cm³/mol. The number of amides is 1. The average Bonchev–Trinajstić information content (AvgIpc) is 3.21. The predicted octanol–water partition coefficient (Wildman–Crippen LogP) is 3.24. The molecule has 0 radical (unpaired) electrons. The standard InChI is InChI=1S/C23H23N5O2/c1-2-9-20(17-10-5-3-6-11-17)26-21(29)15-27-16-24-22-19(23(27)30)14-25-28(22)18-12-7-4-8-13-18/h3-8,10-14,16,20H,2,9,15H2,1H3,(H,26,29). The quantitative estimate of drug-likeness (QED) is 0.515. The third-order valence-electron chi connectivity index (χ3n) is 4.98. The average molecular weight is 401 g/mol. The van der Waals surface area contributed by atoms with Crippen LogP contribution in [-0.2, 0) is 11.3 Å². The summed E-state index contributed by atoms with van der Waals surface area (Å²) in [5.74, 6) is -0.226.